The Morgan fingerprint density at radius 3 is 2.88 bits per heavy atom. The van der Waals surface area contributed by atoms with Crippen molar-refractivity contribution >= 4 is 21.6 Å². The molecule has 0 spiro atoms. The van der Waals surface area contributed by atoms with Crippen LogP contribution in [0.4, 0.5) is 14.5 Å². The van der Waals surface area contributed by atoms with Gasteiger partial charge in [0.15, 0.2) is 5.82 Å². The lowest BCUT2D eigenvalue weighted by Crippen LogP contribution is -2.33. The van der Waals surface area contributed by atoms with Crippen molar-refractivity contribution in [3.63, 3.8) is 0 Å². The second-order valence-corrected chi connectivity index (χ2v) is 7.08. The number of hydrogen-bond donors (Lipinski definition) is 0. The van der Waals surface area contributed by atoms with Crippen molar-refractivity contribution in [3.05, 3.63) is 45.4 Å². The van der Waals surface area contributed by atoms with E-state index in [-0.39, 0.29) is 24.6 Å². The minimum absolute atomic E-state index is 0.0397. The number of aromatic nitrogens is 3. The van der Waals surface area contributed by atoms with Crippen molar-refractivity contribution in [1.82, 2.24) is 14.8 Å². The van der Waals surface area contributed by atoms with Crippen LogP contribution in [0.1, 0.15) is 19.3 Å². The standard InChI is InChI=1S/C16H15BrF2N4O/c17-14-12(22-9-10-7-11(22)4-5-16(10,18)19)8-21-23(15(14)24)13-3-1-2-6-20-13/h1-3,6,8,10-11H,4-5,7,9H2. The number of hydrogen-bond acceptors (Lipinski definition) is 4. The Hall–Kier alpha value is -1.83. The van der Waals surface area contributed by atoms with E-state index in [2.05, 4.69) is 26.0 Å². The molecule has 1 saturated heterocycles. The monoisotopic (exact) mass is 396 g/mol. The molecule has 2 atom stereocenters. The maximum absolute atomic E-state index is 13.9. The Bertz CT molecular complexity index is 827. The summed E-state index contributed by atoms with van der Waals surface area (Å²) < 4.78 is 29.4. The third kappa shape index (κ3) is 2.44. The summed E-state index contributed by atoms with van der Waals surface area (Å²) >= 11 is 3.33. The van der Waals surface area contributed by atoms with E-state index in [0.29, 0.717) is 28.8 Å². The first-order valence-electron chi connectivity index (χ1n) is 7.81. The minimum Gasteiger partial charge on any atom is -0.366 e. The van der Waals surface area contributed by atoms with E-state index < -0.39 is 11.8 Å². The van der Waals surface area contributed by atoms with Crippen molar-refractivity contribution in [2.45, 2.75) is 31.2 Å². The van der Waals surface area contributed by atoms with Crippen LogP contribution in [0.2, 0.25) is 0 Å². The van der Waals surface area contributed by atoms with Crippen molar-refractivity contribution in [3.8, 4) is 5.82 Å². The topological polar surface area (TPSA) is 51.0 Å². The molecular formula is C16H15BrF2N4O. The molecule has 0 radical (unpaired) electrons. The van der Waals surface area contributed by atoms with Crippen LogP contribution < -0.4 is 10.5 Å². The van der Waals surface area contributed by atoms with E-state index in [1.165, 1.54) is 4.68 Å². The van der Waals surface area contributed by atoms with Gasteiger partial charge in [0, 0.05) is 31.1 Å². The molecule has 3 heterocycles. The summed E-state index contributed by atoms with van der Waals surface area (Å²) in [5, 5.41) is 4.19. The van der Waals surface area contributed by atoms with Gasteiger partial charge in [-0.3, -0.25) is 4.79 Å². The highest BCUT2D eigenvalue weighted by Crippen LogP contribution is 2.47. The number of nitrogens with zero attached hydrogens (tertiary/aromatic N) is 4. The van der Waals surface area contributed by atoms with E-state index in [1.807, 2.05) is 4.90 Å². The summed E-state index contributed by atoms with van der Waals surface area (Å²) in [5.41, 5.74) is 0.233. The molecule has 1 aliphatic carbocycles. The molecule has 1 aliphatic heterocycles. The molecule has 2 aromatic rings. The van der Waals surface area contributed by atoms with Gasteiger partial charge < -0.3 is 4.90 Å². The fourth-order valence-electron chi connectivity index (χ4n) is 3.62. The van der Waals surface area contributed by atoms with Crippen LogP contribution in [0.15, 0.2) is 39.9 Å². The molecule has 2 aromatic heterocycles. The summed E-state index contributed by atoms with van der Waals surface area (Å²) in [4.78, 5) is 18.6. The van der Waals surface area contributed by atoms with Gasteiger partial charge in [0.25, 0.3) is 11.5 Å². The van der Waals surface area contributed by atoms with Gasteiger partial charge in [0.05, 0.1) is 11.9 Å². The van der Waals surface area contributed by atoms with Gasteiger partial charge in [-0.05, 0) is 40.9 Å². The average Bonchev–Trinajstić information content (AvgIpc) is 2.96. The first-order chi connectivity index (χ1) is 11.5. The lowest BCUT2D eigenvalue weighted by atomic mass is 9.87. The number of pyridine rings is 1. The maximum Gasteiger partial charge on any atom is 0.289 e. The fourth-order valence-corrected chi connectivity index (χ4v) is 4.12. The van der Waals surface area contributed by atoms with Crippen molar-refractivity contribution < 1.29 is 8.78 Å². The van der Waals surface area contributed by atoms with Crippen LogP contribution in [0.3, 0.4) is 0 Å². The smallest absolute Gasteiger partial charge is 0.289 e. The molecule has 126 valence electrons. The number of fused-ring (bicyclic) bond motifs is 2. The summed E-state index contributed by atoms with van der Waals surface area (Å²) in [5.74, 6) is -2.85. The first kappa shape index (κ1) is 15.7. The van der Waals surface area contributed by atoms with E-state index in [1.54, 1.807) is 30.6 Å². The highest BCUT2D eigenvalue weighted by molar-refractivity contribution is 9.10. The summed E-state index contributed by atoms with van der Waals surface area (Å²) in [6.07, 6.45) is 3.94. The molecular weight excluding hydrogens is 382 g/mol. The lowest BCUT2D eigenvalue weighted by Gasteiger charge is -2.29. The number of halogens is 3. The zero-order valence-electron chi connectivity index (χ0n) is 12.7. The molecule has 0 aromatic carbocycles. The third-order valence-corrected chi connectivity index (χ3v) is 5.64. The van der Waals surface area contributed by atoms with Crippen LogP contribution >= 0.6 is 15.9 Å². The predicted octanol–water partition coefficient (Wildman–Crippen LogP) is 3.01. The minimum atomic E-state index is -2.62. The molecule has 2 fully saturated rings. The van der Waals surface area contributed by atoms with Crippen LogP contribution in [-0.4, -0.2) is 33.3 Å². The number of alkyl halides is 2. The van der Waals surface area contributed by atoms with Gasteiger partial charge in [-0.15, -0.1) is 0 Å². The SMILES string of the molecule is O=c1c(Br)c(N2CC3CC2CCC3(F)F)cnn1-c1ccccn1. The van der Waals surface area contributed by atoms with Crippen LogP contribution in [0.25, 0.3) is 5.82 Å². The van der Waals surface area contributed by atoms with Crippen LogP contribution in [-0.2, 0) is 0 Å². The molecule has 2 unspecified atom stereocenters. The molecule has 2 aliphatic rings. The van der Waals surface area contributed by atoms with Gasteiger partial charge in [0.1, 0.15) is 4.47 Å². The summed E-state index contributed by atoms with van der Waals surface area (Å²) in [7, 11) is 0. The molecule has 2 bridgehead atoms. The molecule has 8 heteroatoms. The Morgan fingerprint density at radius 2 is 2.17 bits per heavy atom. The van der Waals surface area contributed by atoms with Gasteiger partial charge in [-0.25, -0.2) is 13.8 Å². The summed E-state index contributed by atoms with van der Waals surface area (Å²) in [6.45, 7) is 0.255. The number of rotatable bonds is 2. The van der Waals surface area contributed by atoms with E-state index in [0.717, 1.165) is 0 Å². The Morgan fingerprint density at radius 1 is 1.33 bits per heavy atom. The maximum atomic E-state index is 13.9. The summed E-state index contributed by atoms with van der Waals surface area (Å²) in [6, 6.07) is 5.24. The van der Waals surface area contributed by atoms with Crippen molar-refractivity contribution in [1.29, 1.82) is 0 Å². The molecule has 0 N–H and O–H groups in total. The first-order valence-corrected chi connectivity index (χ1v) is 8.60. The van der Waals surface area contributed by atoms with Crippen LogP contribution in [0.5, 0.6) is 0 Å². The molecule has 4 rings (SSSR count). The molecule has 0 amide bonds. The van der Waals surface area contributed by atoms with Gasteiger partial charge >= 0.3 is 0 Å². The molecule has 1 saturated carbocycles. The molecule has 24 heavy (non-hydrogen) atoms. The average molecular weight is 397 g/mol. The Kier molecular flexibility index (Phi) is 3.67. The van der Waals surface area contributed by atoms with E-state index in [4.69, 9.17) is 0 Å². The van der Waals surface area contributed by atoms with Gasteiger partial charge in [-0.1, -0.05) is 6.07 Å². The normalized spacial score (nSPS) is 25.0. The highest BCUT2D eigenvalue weighted by atomic mass is 79.9. The lowest BCUT2D eigenvalue weighted by molar-refractivity contribution is -0.0709. The van der Waals surface area contributed by atoms with Crippen molar-refractivity contribution in [2.24, 2.45) is 5.92 Å². The third-order valence-electron chi connectivity index (χ3n) is 4.90. The predicted molar refractivity (Wildman–Crippen MR) is 88.8 cm³/mol. The second-order valence-electron chi connectivity index (χ2n) is 6.29. The zero-order valence-corrected chi connectivity index (χ0v) is 14.3. The van der Waals surface area contributed by atoms with Crippen LogP contribution in [0, 0.1) is 5.92 Å². The van der Waals surface area contributed by atoms with E-state index in [9.17, 15) is 13.6 Å². The second kappa shape index (κ2) is 5.61. The van der Waals surface area contributed by atoms with E-state index >= 15 is 0 Å². The fraction of sp³-hybridized carbons (Fsp3) is 0.438. The Balaban J connectivity index is 1.71. The van der Waals surface area contributed by atoms with Gasteiger partial charge in [0.2, 0.25) is 0 Å². The largest absolute Gasteiger partial charge is 0.366 e. The number of anilines is 1. The Labute approximate surface area is 145 Å². The quantitative estimate of drug-likeness (QED) is 0.782. The van der Waals surface area contributed by atoms with Crippen molar-refractivity contribution in [2.75, 3.05) is 11.4 Å². The zero-order chi connectivity index (χ0) is 16.9. The van der Waals surface area contributed by atoms with Gasteiger partial charge in [-0.2, -0.15) is 9.78 Å². The molecule has 5 nitrogen and oxygen atoms in total. The highest BCUT2D eigenvalue weighted by Gasteiger charge is 2.51.